The van der Waals surface area contributed by atoms with Crippen LogP contribution in [-0.4, -0.2) is 8.80 Å². The number of hydrogen-bond acceptors (Lipinski definition) is 2. The first-order chi connectivity index (χ1) is 21.7. The summed E-state index contributed by atoms with van der Waals surface area (Å²) < 4.78 is 4.93. The van der Waals surface area contributed by atoms with Gasteiger partial charge in [-0.25, -0.2) is 0 Å². The molecule has 0 aliphatic heterocycles. The van der Waals surface area contributed by atoms with E-state index < -0.39 is 0 Å². The highest BCUT2D eigenvalue weighted by Gasteiger charge is 2.46. The average Bonchev–Trinajstić information content (AvgIpc) is 3.85. The molecule has 4 heterocycles. The Morgan fingerprint density at radius 1 is 0.477 bits per heavy atom. The molecule has 0 atom stereocenters. The minimum absolute atomic E-state index is 0.563. The minimum Gasteiger partial charge on any atom is -0.308 e. The molecule has 6 aliphatic carbocycles. The van der Waals surface area contributed by atoms with Gasteiger partial charge in [-0.3, -0.25) is 0 Å². The summed E-state index contributed by atoms with van der Waals surface area (Å²) in [4.78, 5) is 0. The van der Waals surface area contributed by atoms with Crippen LogP contribution in [0, 0.1) is 22.7 Å². The first-order valence-corrected chi connectivity index (χ1v) is 16.0. The van der Waals surface area contributed by atoms with E-state index >= 15 is 0 Å². The van der Waals surface area contributed by atoms with E-state index in [1.807, 2.05) is 0 Å². The van der Waals surface area contributed by atoms with Gasteiger partial charge in [-0.2, -0.15) is 10.5 Å². The maximum absolute atomic E-state index is 10.3. The Kier molecular flexibility index (Phi) is 3.13. The molecule has 0 amide bonds. The molecule has 2 saturated carbocycles. The summed E-state index contributed by atoms with van der Waals surface area (Å²) >= 11 is 0. The van der Waals surface area contributed by atoms with Gasteiger partial charge in [0.05, 0.1) is 56.4 Å². The molecule has 202 valence electrons. The summed E-state index contributed by atoms with van der Waals surface area (Å²) in [6.45, 7) is 0. The quantitative estimate of drug-likeness (QED) is 0.186. The molecule has 5 aromatic carbocycles. The number of para-hydroxylation sites is 2. The topological polar surface area (TPSA) is 56.4 Å². The van der Waals surface area contributed by atoms with E-state index in [9.17, 15) is 10.5 Å². The van der Waals surface area contributed by atoms with Crippen LogP contribution in [0.3, 0.4) is 0 Å². The third-order valence-electron chi connectivity index (χ3n) is 12.6. The van der Waals surface area contributed by atoms with Crippen molar-refractivity contribution in [1.82, 2.24) is 8.80 Å². The standard InChI is InChI=1S/C40H22N4/c41-15-21-11-31-37(35-19-7-17(8-19)33(21)35)25-5-1-3-23-27-13-30-28(14-29(27)43(31)39(23)25)24-4-2-6-26-38-32(44(30)40(24)26)12-22(16-42)34-18-9-20(10-18)36(34)38/h1-6,11-14,17-20H,7-10H2. The Hall–Kier alpha value is -5.32. The van der Waals surface area contributed by atoms with Gasteiger partial charge in [0.1, 0.15) is 0 Å². The molecule has 0 unspecified atom stereocenters. The van der Waals surface area contributed by atoms with Gasteiger partial charge in [0.2, 0.25) is 0 Å². The van der Waals surface area contributed by atoms with Crippen LogP contribution in [0.1, 0.15) is 82.7 Å². The highest BCUT2D eigenvalue weighted by Crippen LogP contribution is 2.63. The van der Waals surface area contributed by atoms with Gasteiger partial charge >= 0.3 is 0 Å². The van der Waals surface area contributed by atoms with Crippen LogP contribution in [0.2, 0.25) is 0 Å². The number of nitrogens with zero attached hydrogens (tertiary/aromatic N) is 4. The highest BCUT2D eigenvalue weighted by molar-refractivity contribution is 6.29. The fourth-order valence-electron chi connectivity index (χ4n) is 10.9. The maximum atomic E-state index is 10.3. The zero-order valence-corrected chi connectivity index (χ0v) is 23.7. The number of fused-ring (bicyclic) bond motifs is 12. The lowest BCUT2D eigenvalue weighted by molar-refractivity contribution is 0.406. The lowest BCUT2D eigenvalue weighted by Crippen LogP contribution is -2.07. The normalized spacial score (nSPS) is 23.0. The zero-order valence-electron chi connectivity index (χ0n) is 23.7. The Labute approximate surface area is 250 Å². The molecule has 0 saturated heterocycles. The van der Waals surface area contributed by atoms with Gasteiger partial charge < -0.3 is 8.80 Å². The van der Waals surface area contributed by atoms with Crippen LogP contribution in [-0.2, 0) is 0 Å². The van der Waals surface area contributed by atoms with E-state index in [1.54, 1.807) is 0 Å². The lowest BCUT2D eigenvalue weighted by Gasteiger charge is -2.23. The molecular weight excluding hydrogens is 536 g/mol. The van der Waals surface area contributed by atoms with Crippen LogP contribution in [0.25, 0.3) is 76.2 Å². The van der Waals surface area contributed by atoms with Crippen LogP contribution in [0.15, 0.2) is 60.7 Å². The molecule has 44 heavy (non-hydrogen) atoms. The molecule has 4 aromatic heterocycles. The second-order valence-electron chi connectivity index (χ2n) is 14.2. The largest absolute Gasteiger partial charge is 0.308 e. The third kappa shape index (κ3) is 1.95. The molecule has 4 nitrogen and oxygen atoms in total. The molecule has 9 aromatic rings. The van der Waals surface area contributed by atoms with Crippen molar-refractivity contribution in [2.24, 2.45) is 0 Å². The van der Waals surface area contributed by atoms with Crippen molar-refractivity contribution in [3.05, 3.63) is 94.0 Å². The lowest BCUT2D eigenvalue weighted by atomic mass is 9.81. The van der Waals surface area contributed by atoms with E-state index in [0.717, 1.165) is 11.1 Å². The molecule has 15 rings (SSSR count). The summed E-state index contributed by atoms with van der Waals surface area (Å²) in [5, 5.41) is 31.0. The van der Waals surface area contributed by atoms with Gasteiger partial charge in [-0.15, -0.1) is 0 Å². The van der Waals surface area contributed by atoms with Gasteiger partial charge in [-0.1, -0.05) is 36.4 Å². The van der Waals surface area contributed by atoms with Crippen LogP contribution >= 0.6 is 0 Å². The van der Waals surface area contributed by atoms with E-state index in [4.69, 9.17) is 0 Å². The molecular formula is C40H22N4. The second kappa shape index (κ2) is 6.45. The number of nitriles is 2. The predicted molar refractivity (Wildman–Crippen MR) is 175 cm³/mol. The van der Waals surface area contributed by atoms with Gasteiger partial charge in [0.25, 0.3) is 0 Å². The summed E-state index contributed by atoms with van der Waals surface area (Å²) in [7, 11) is 0. The Bertz CT molecular complexity index is 2770. The highest BCUT2D eigenvalue weighted by atomic mass is 14.9. The van der Waals surface area contributed by atoms with E-state index in [2.05, 4.69) is 81.6 Å². The van der Waals surface area contributed by atoms with E-state index in [-0.39, 0.29) is 0 Å². The summed E-state index contributed by atoms with van der Waals surface area (Å²) in [6, 6.07) is 28.0. The molecule has 6 aliphatic rings. The Morgan fingerprint density at radius 2 is 0.886 bits per heavy atom. The van der Waals surface area contributed by atoms with Crippen molar-refractivity contribution in [1.29, 1.82) is 10.5 Å². The van der Waals surface area contributed by atoms with Crippen molar-refractivity contribution in [3.63, 3.8) is 0 Å². The van der Waals surface area contributed by atoms with Crippen molar-refractivity contribution in [2.75, 3.05) is 0 Å². The second-order valence-corrected chi connectivity index (χ2v) is 14.2. The number of benzene rings is 5. The molecule has 0 radical (unpaired) electrons. The van der Waals surface area contributed by atoms with Crippen molar-refractivity contribution >= 4 is 76.2 Å². The molecule has 2 fully saturated rings. The summed E-state index contributed by atoms with van der Waals surface area (Å²) in [5.41, 5.74) is 14.7. The fraction of sp³-hybridized carbons (Fsp3) is 0.200. The first kappa shape index (κ1) is 21.4. The minimum atomic E-state index is 0.563. The maximum Gasteiger partial charge on any atom is 0.0995 e. The zero-order chi connectivity index (χ0) is 28.3. The van der Waals surface area contributed by atoms with Gasteiger partial charge in [0.15, 0.2) is 0 Å². The van der Waals surface area contributed by atoms with Crippen LogP contribution in [0.5, 0.6) is 0 Å². The summed E-state index contributed by atoms with van der Waals surface area (Å²) in [5.74, 6) is 2.31. The SMILES string of the molecule is N#Cc1cc2c(c3c1C1CC3C1)c1cccc3c4cc5c(cc4n2c31)c1cccc2c3c4c(c(C#N)cc3n5c12)C1CC4C1. The molecule has 4 bridgehead atoms. The third-order valence-corrected chi connectivity index (χ3v) is 12.6. The van der Waals surface area contributed by atoms with Gasteiger partial charge in [0, 0.05) is 43.1 Å². The molecule has 0 N–H and O–H groups in total. The van der Waals surface area contributed by atoms with Crippen LogP contribution < -0.4 is 0 Å². The van der Waals surface area contributed by atoms with Crippen molar-refractivity contribution in [3.8, 4) is 12.1 Å². The molecule has 0 spiro atoms. The average molecular weight is 559 g/mol. The number of aromatic nitrogens is 2. The van der Waals surface area contributed by atoms with Crippen LogP contribution in [0.4, 0.5) is 0 Å². The van der Waals surface area contributed by atoms with E-state index in [0.29, 0.717) is 23.7 Å². The predicted octanol–water partition coefficient (Wildman–Crippen LogP) is 9.68. The number of rotatable bonds is 0. The first-order valence-electron chi connectivity index (χ1n) is 16.0. The van der Waals surface area contributed by atoms with E-state index in [1.165, 1.54) is 124 Å². The smallest absolute Gasteiger partial charge is 0.0995 e. The van der Waals surface area contributed by atoms with Crippen molar-refractivity contribution < 1.29 is 0 Å². The summed E-state index contributed by atoms with van der Waals surface area (Å²) in [6.07, 6.45) is 4.81. The number of hydrogen-bond donors (Lipinski definition) is 0. The molecule has 4 heteroatoms. The fourth-order valence-corrected chi connectivity index (χ4v) is 10.9. The van der Waals surface area contributed by atoms with Gasteiger partial charge in [-0.05, 0) is 95.9 Å². The monoisotopic (exact) mass is 558 g/mol. The Balaban J connectivity index is 1.25. The van der Waals surface area contributed by atoms with Crippen molar-refractivity contribution in [2.45, 2.75) is 49.4 Å². The Morgan fingerprint density at radius 3 is 1.32 bits per heavy atom.